The van der Waals surface area contributed by atoms with Crippen LogP contribution < -0.4 is 27.7 Å². The average Bonchev–Trinajstić information content (AvgIpc) is 2.65. The highest BCUT2D eigenvalue weighted by Gasteiger charge is 2.22. The molecule has 0 bridgehead atoms. The summed E-state index contributed by atoms with van der Waals surface area (Å²) in [5, 5.41) is 9.36. The van der Waals surface area contributed by atoms with Gasteiger partial charge in [0.25, 0.3) is 0 Å². The second-order valence-corrected chi connectivity index (χ2v) is 5.75. The molecule has 2 aromatic rings. The minimum atomic E-state index is -1.08. The molecule has 7 heteroatoms. The first-order chi connectivity index (χ1) is 12.0. The lowest BCUT2D eigenvalue weighted by atomic mass is 9.95. The Kier molecular flexibility index (Phi) is 6.49. The fourth-order valence-corrected chi connectivity index (χ4v) is 2.50. The van der Waals surface area contributed by atoms with Gasteiger partial charge in [0.05, 0.1) is 5.56 Å². The largest absolute Gasteiger partial charge is 0.488 e. The molecule has 2 rings (SSSR count). The van der Waals surface area contributed by atoms with Gasteiger partial charge in [0.1, 0.15) is 12.4 Å². The number of nitrogens with two attached hydrogens (primary N) is 4. The van der Waals surface area contributed by atoms with Crippen LogP contribution >= 0.6 is 0 Å². The molecule has 0 aliphatic carbocycles. The highest BCUT2D eigenvalue weighted by molar-refractivity contribution is 5.88. The molecule has 0 amide bonds. The van der Waals surface area contributed by atoms with Crippen molar-refractivity contribution in [3.63, 3.8) is 0 Å². The number of benzene rings is 2. The number of carboxylic acid groups (broad SMARTS) is 1. The summed E-state index contributed by atoms with van der Waals surface area (Å²) >= 11 is 0. The molecule has 25 heavy (non-hydrogen) atoms. The molecule has 9 N–H and O–H groups in total. The molecule has 2 aromatic carbocycles. The minimum absolute atomic E-state index is 0.0739. The summed E-state index contributed by atoms with van der Waals surface area (Å²) in [7, 11) is 0. The van der Waals surface area contributed by atoms with E-state index in [2.05, 4.69) is 0 Å². The highest BCUT2D eigenvalue weighted by atomic mass is 16.5. The Bertz CT molecular complexity index is 691. The molecule has 0 aromatic heterocycles. The van der Waals surface area contributed by atoms with E-state index in [0.29, 0.717) is 23.5 Å². The Morgan fingerprint density at radius 1 is 1.00 bits per heavy atom. The zero-order chi connectivity index (χ0) is 18.4. The number of rotatable bonds is 8. The molecule has 0 aliphatic heterocycles. The lowest BCUT2D eigenvalue weighted by Gasteiger charge is -2.22. The van der Waals surface area contributed by atoms with Gasteiger partial charge in [-0.05, 0) is 17.7 Å². The van der Waals surface area contributed by atoms with Crippen LogP contribution in [0, 0.1) is 0 Å². The van der Waals surface area contributed by atoms with E-state index in [9.17, 15) is 9.90 Å². The Labute approximate surface area is 146 Å². The molecule has 0 saturated carbocycles. The minimum Gasteiger partial charge on any atom is -0.488 e. The zero-order valence-corrected chi connectivity index (χ0v) is 13.9. The Morgan fingerprint density at radius 3 is 1.96 bits per heavy atom. The van der Waals surface area contributed by atoms with Crippen molar-refractivity contribution in [1.29, 1.82) is 0 Å². The second-order valence-electron chi connectivity index (χ2n) is 5.75. The summed E-state index contributed by atoms with van der Waals surface area (Å²) in [6, 6.07) is 11.4. The van der Waals surface area contributed by atoms with E-state index in [4.69, 9.17) is 27.7 Å². The normalized spacial score (nSPS) is 13.3. The van der Waals surface area contributed by atoms with Crippen molar-refractivity contribution in [2.45, 2.75) is 18.7 Å². The number of hydrogen-bond acceptors (Lipinski definition) is 6. The molecule has 7 nitrogen and oxygen atoms in total. The van der Waals surface area contributed by atoms with Crippen LogP contribution in [-0.2, 0) is 6.61 Å². The summed E-state index contributed by atoms with van der Waals surface area (Å²) < 4.78 is 5.97. The summed E-state index contributed by atoms with van der Waals surface area (Å²) in [6.07, 6.45) is 0. The molecule has 2 unspecified atom stereocenters. The lowest BCUT2D eigenvalue weighted by Crippen LogP contribution is -2.26. The fraction of sp³-hybridized carbons (Fsp3) is 0.278. The van der Waals surface area contributed by atoms with Gasteiger partial charge >= 0.3 is 5.97 Å². The standard InChI is InChI=1S/C18H24N4O3/c19-8-15(21)13-6-12(18(23)24)7-14(16(22)9-20)17(13)25-10-11-4-2-1-3-5-11/h1-7,15-16H,8-10,19-22H2,(H,23,24). The van der Waals surface area contributed by atoms with Gasteiger partial charge < -0.3 is 32.8 Å². The number of aromatic carboxylic acids is 1. The monoisotopic (exact) mass is 344 g/mol. The molecular weight excluding hydrogens is 320 g/mol. The van der Waals surface area contributed by atoms with Crippen molar-refractivity contribution >= 4 is 5.97 Å². The maximum atomic E-state index is 11.4. The SMILES string of the molecule is NCC(N)c1cc(C(=O)O)cc(C(N)CN)c1OCc1ccccc1. The number of carboxylic acids is 1. The number of hydrogen-bond donors (Lipinski definition) is 5. The molecular formula is C18H24N4O3. The van der Waals surface area contributed by atoms with Crippen LogP contribution in [0.4, 0.5) is 0 Å². The van der Waals surface area contributed by atoms with Crippen molar-refractivity contribution in [2.75, 3.05) is 13.1 Å². The van der Waals surface area contributed by atoms with Gasteiger partial charge in [0.2, 0.25) is 0 Å². The van der Waals surface area contributed by atoms with Crippen LogP contribution in [0.5, 0.6) is 5.75 Å². The summed E-state index contributed by atoms with van der Waals surface area (Å²) in [6.45, 7) is 0.575. The molecule has 0 aliphatic rings. The predicted octanol–water partition coefficient (Wildman–Crippen LogP) is 0.881. The molecule has 0 radical (unpaired) electrons. The third-order valence-electron chi connectivity index (χ3n) is 3.93. The van der Waals surface area contributed by atoms with Crippen LogP contribution in [0.1, 0.15) is 39.1 Å². The fourth-order valence-electron chi connectivity index (χ4n) is 2.50. The van der Waals surface area contributed by atoms with E-state index in [0.717, 1.165) is 5.56 Å². The van der Waals surface area contributed by atoms with Gasteiger partial charge in [-0.1, -0.05) is 30.3 Å². The smallest absolute Gasteiger partial charge is 0.335 e. The first kappa shape index (κ1) is 18.9. The van der Waals surface area contributed by atoms with Crippen LogP contribution in [0.2, 0.25) is 0 Å². The third-order valence-corrected chi connectivity index (χ3v) is 3.93. The quantitative estimate of drug-likeness (QED) is 0.477. The molecule has 0 spiro atoms. The maximum Gasteiger partial charge on any atom is 0.335 e. The lowest BCUT2D eigenvalue weighted by molar-refractivity contribution is 0.0696. The molecule has 0 fully saturated rings. The first-order valence-corrected chi connectivity index (χ1v) is 7.97. The topological polar surface area (TPSA) is 151 Å². The van der Waals surface area contributed by atoms with Crippen molar-refractivity contribution in [3.8, 4) is 5.75 Å². The van der Waals surface area contributed by atoms with Crippen LogP contribution in [-0.4, -0.2) is 24.2 Å². The van der Waals surface area contributed by atoms with E-state index in [1.165, 1.54) is 12.1 Å². The zero-order valence-electron chi connectivity index (χ0n) is 13.9. The van der Waals surface area contributed by atoms with E-state index in [-0.39, 0.29) is 18.7 Å². The van der Waals surface area contributed by atoms with Crippen molar-refractivity contribution in [2.24, 2.45) is 22.9 Å². The molecule has 0 saturated heterocycles. The van der Waals surface area contributed by atoms with E-state index in [1.54, 1.807) is 0 Å². The summed E-state index contributed by atoms with van der Waals surface area (Å²) in [5.41, 5.74) is 25.6. The average molecular weight is 344 g/mol. The van der Waals surface area contributed by atoms with Gasteiger partial charge in [-0.3, -0.25) is 0 Å². The van der Waals surface area contributed by atoms with Gasteiger partial charge in [0.15, 0.2) is 0 Å². The highest BCUT2D eigenvalue weighted by Crippen LogP contribution is 2.33. The van der Waals surface area contributed by atoms with Gasteiger partial charge in [-0.15, -0.1) is 0 Å². The Balaban J connectivity index is 2.50. The van der Waals surface area contributed by atoms with Gasteiger partial charge in [-0.2, -0.15) is 0 Å². The Hall–Kier alpha value is -2.45. The molecule has 0 heterocycles. The first-order valence-electron chi connectivity index (χ1n) is 7.97. The van der Waals surface area contributed by atoms with E-state index in [1.807, 2.05) is 30.3 Å². The van der Waals surface area contributed by atoms with Crippen molar-refractivity contribution in [1.82, 2.24) is 0 Å². The number of carbonyl (C=O) groups is 1. The second kappa shape index (κ2) is 8.59. The third kappa shape index (κ3) is 4.55. The maximum absolute atomic E-state index is 11.4. The predicted molar refractivity (Wildman–Crippen MR) is 96.1 cm³/mol. The number of ether oxygens (including phenoxy) is 1. The van der Waals surface area contributed by atoms with Gasteiger partial charge in [-0.25, -0.2) is 4.79 Å². The van der Waals surface area contributed by atoms with Crippen molar-refractivity contribution in [3.05, 3.63) is 64.7 Å². The molecule has 134 valence electrons. The molecule has 2 atom stereocenters. The van der Waals surface area contributed by atoms with Crippen molar-refractivity contribution < 1.29 is 14.6 Å². The van der Waals surface area contributed by atoms with Crippen LogP contribution in [0.3, 0.4) is 0 Å². The van der Waals surface area contributed by atoms with Gasteiger partial charge in [0, 0.05) is 36.3 Å². The Morgan fingerprint density at radius 2 is 1.52 bits per heavy atom. The van der Waals surface area contributed by atoms with E-state index >= 15 is 0 Å². The van der Waals surface area contributed by atoms with Crippen LogP contribution in [0.25, 0.3) is 0 Å². The summed E-state index contributed by atoms with van der Waals surface area (Å²) in [4.78, 5) is 11.4. The van der Waals surface area contributed by atoms with E-state index < -0.39 is 18.1 Å². The summed E-state index contributed by atoms with van der Waals surface area (Å²) in [5.74, 6) is -0.629. The van der Waals surface area contributed by atoms with Crippen LogP contribution in [0.15, 0.2) is 42.5 Å².